The predicted molar refractivity (Wildman–Crippen MR) is 149 cm³/mol. The van der Waals surface area contributed by atoms with Gasteiger partial charge in [-0.2, -0.15) is 0 Å². The number of nitrogens with two attached hydrogens (primary N) is 1. The largest absolute Gasteiger partial charge is 0.511 e. The summed E-state index contributed by atoms with van der Waals surface area (Å²) >= 11 is 5.77. The van der Waals surface area contributed by atoms with E-state index >= 15 is 0 Å². The molecule has 1 aromatic carbocycles. The van der Waals surface area contributed by atoms with Gasteiger partial charge in [0, 0.05) is 34.5 Å². The minimum atomic E-state index is -2.29. The fourth-order valence-corrected chi connectivity index (χ4v) is 6.21. The summed E-state index contributed by atoms with van der Waals surface area (Å²) in [5, 5.41) is 45.6. The average Bonchev–Trinajstić information content (AvgIpc) is 2.85. The number of aliphatic hydroxyl groups is 4. The standard InChI is InChI=1S/C29H32N2O6S/c1-14(2)31-19-6-4-5-16(10-19)20-7-8-22(33)24-21(20)11-17(15(3)26(24)38)9-18-12-23(34)25(28(30)36)27(35)29(18,37)13-32/h4-8,10,17-18,22,24,31-34,37H,1,3,9,11-13H2,2H3,(H2,30,36)/t17-,18+,22?,24?,29-/m1/s1. The maximum Gasteiger partial charge on any atom is 0.255 e. The Hall–Kier alpha value is -3.37. The lowest BCUT2D eigenvalue weighted by atomic mass is 9.64. The van der Waals surface area contributed by atoms with Gasteiger partial charge < -0.3 is 31.5 Å². The Bertz CT molecular complexity index is 1340. The van der Waals surface area contributed by atoms with Crippen LogP contribution in [0, 0.1) is 17.8 Å². The number of fused-ring (bicyclic) bond motifs is 1. The Labute approximate surface area is 226 Å². The van der Waals surface area contributed by atoms with Gasteiger partial charge in [0.1, 0.15) is 11.3 Å². The van der Waals surface area contributed by atoms with Crippen LogP contribution in [-0.4, -0.2) is 55.3 Å². The van der Waals surface area contributed by atoms with Gasteiger partial charge in [0.05, 0.1) is 12.7 Å². The number of carbonyl (C=O) groups is 2. The first-order valence-electron chi connectivity index (χ1n) is 12.3. The number of nitrogens with one attached hydrogen (secondary N) is 1. The highest BCUT2D eigenvalue weighted by atomic mass is 32.1. The van der Waals surface area contributed by atoms with Crippen molar-refractivity contribution in [1.82, 2.24) is 0 Å². The van der Waals surface area contributed by atoms with Crippen LogP contribution in [0.15, 0.2) is 77.8 Å². The van der Waals surface area contributed by atoms with Crippen molar-refractivity contribution in [3.05, 3.63) is 83.3 Å². The third kappa shape index (κ3) is 4.78. The van der Waals surface area contributed by atoms with Crippen molar-refractivity contribution < 1.29 is 30.0 Å². The quantitative estimate of drug-likeness (QED) is 0.177. The van der Waals surface area contributed by atoms with Crippen LogP contribution in [0.1, 0.15) is 31.7 Å². The Balaban J connectivity index is 1.73. The van der Waals surface area contributed by atoms with Crippen molar-refractivity contribution in [1.29, 1.82) is 0 Å². The molecular weight excluding hydrogens is 504 g/mol. The lowest BCUT2D eigenvalue weighted by molar-refractivity contribution is -0.150. The van der Waals surface area contributed by atoms with E-state index in [2.05, 4.69) is 18.5 Å². The summed E-state index contributed by atoms with van der Waals surface area (Å²) in [6.07, 6.45) is 3.11. The normalized spacial score (nSPS) is 29.4. The third-order valence-electron chi connectivity index (χ3n) is 7.69. The van der Waals surface area contributed by atoms with Crippen LogP contribution in [0.5, 0.6) is 0 Å². The Kier molecular flexibility index (Phi) is 7.58. The topological polar surface area (TPSA) is 153 Å². The molecule has 0 saturated heterocycles. The Morgan fingerprint density at radius 2 is 2.03 bits per heavy atom. The zero-order valence-electron chi connectivity index (χ0n) is 21.1. The number of allylic oxidation sites excluding steroid dienone is 5. The summed E-state index contributed by atoms with van der Waals surface area (Å²) in [5.41, 5.74) is 7.23. The number of thiocarbonyl (C=S) groups is 1. The second kappa shape index (κ2) is 10.4. The van der Waals surface area contributed by atoms with Crippen molar-refractivity contribution in [2.45, 2.75) is 37.9 Å². The minimum absolute atomic E-state index is 0.151. The van der Waals surface area contributed by atoms with Crippen LogP contribution in [0.25, 0.3) is 5.57 Å². The first kappa shape index (κ1) is 27.7. The molecule has 0 aromatic heterocycles. The van der Waals surface area contributed by atoms with E-state index in [9.17, 15) is 30.0 Å². The van der Waals surface area contributed by atoms with E-state index in [-0.39, 0.29) is 18.8 Å². The molecule has 38 heavy (non-hydrogen) atoms. The highest BCUT2D eigenvalue weighted by Gasteiger charge is 2.52. The Morgan fingerprint density at radius 3 is 2.66 bits per heavy atom. The summed E-state index contributed by atoms with van der Waals surface area (Å²) in [6, 6.07) is 7.79. The fourth-order valence-electron chi connectivity index (χ4n) is 5.76. The zero-order valence-corrected chi connectivity index (χ0v) is 21.9. The molecular formula is C29H32N2O6S. The molecule has 0 aliphatic heterocycles. The van der Waals surface area contributed by atoms with Crippen LogP contribution in [0.2, 0.25) is 0 Å². The number of aliphatic hydroxyl groups excluding tert-OH is 3. The molecule has 0 radical (unpaired) electrons. The van der Waals surface area contributed by atoms with Crippen molar-refractivity contribution in [3.63, 3.8) is 0 Å². The van der Waals surface area contributed by atoms with E-state index in [0.717, 1.165) is 28.1 Å². The molecule has 3 aliphatic carbocycles. The van der Waals surface area contributed by atoms with Crippen LogP contribution < -0.4 is 11.1 Å². The van der Waals surface area contributed by atoms with E-state index in [4.69, 9.17) is 18.0 Å². The molecule has 4 rings (SSSR count). The number of ketones is 1. The number of Topliss-reactive ketones (excluding diaryl/α,β-unsaturated/α-hetero) is 1. The van der Waals surface area contributed by atoms with Crippen LogP contribution in [0.3, 0.4) is 0 Å². The third-order valence-corrected chi connectivity index (χ3v) is 8.21. The smallest absolute Gasteiger partial charge is 0.255 e. The van der Waals surface area contributed by atoms with Crippen molar-refractivity contribution >= 4 is 40.0 Å². The molecule has 0 spiro atoms. The maximum atomic E-state index is 12.9. The molecule has 200 valence electrons. The second-order valence-corrected chi connectivity index (χ2v) is 10.7. The lowest BCUT2D eigenvalue weighted by Crippen LogP contribution is -2.55. The highest BCUT2D eigenvalue weighted by molar-refractivity contribution is 7.81. The number of hydrogen-bond donors (Lipinski definition) is 6. The predicted octanol–water partition coefficient (Wildman–Crippen LogP) is 2.88. The van der Waals surface area contributed by atoms with Crippen molar-refractivity contribution in [3.8, 4) is 0 Å². The van der Waals surface area contributed by atoms with Gasteiger partial charge in [-0.05, 0) is 54.5 Å². The van der Waals surface area contributed by atoms with Gasteiger partial charge >= 0.3 is 0 Å². The van der Waals surface area contributed by atoms with E-state index in [1.165, 1.54) is 0 Å². The number of rotatable bonds is 7. The van der Waals surface area contributed by atoms with Gasteiger partial charge in [-0.1, -0.05) is 55.2 Å². The van der Waals surface area contributed by atoms with Crippen molar-refractivity contribution in [2.24, 2.45) is 23.5 Å². The summed E-state index contributed by atoms with van der Waals surface area (Å²) < 4.78 is 0. The molecule has 1 amide bonds. The number of amides is 1. The van der Waals surface area contributed by atoms with Gasteiger partial charge in [-0.3, -0.25) is 9.59 Å². The summed E-state index contributed by atoms with van der Waals surface area (Å²) in [7, 11) is 0. The second-order valence-electron chi connectivity index (χ2n) is 10.3. The number of anilines is 1. The summed E-state index contributed by atoms with van der Waals surface area (Å²) in [5.74, 6) is -4.49. The number of primary amides is 1. The van der Waals surface area contributed by atoms with E-state index in [1.807, 2.05) is 37.3 Å². The molecule has 0 bridgehead atoms. The van der Waals surface area contributed by atoms with E-state index in [1.54, 1.807) is 6.08 Å². The average molecular weight is 537 g/mol. The lowest BCUT2D eigenvalue weighted by Gasteiger charge is -2.43. The van der Waals surface area contributed by atoms with Gasteiger partial charge in [-0.15, -0.1) is 0 Å². The molecule has 5 atom stereocenters. The molecule has 9 heteroatoms. The molecule has 1 fully saturated rings. The fraction of sp³-hybridized carbons (Fsp3) is 0.345. The molecule has 3 aliphatic rings. The first-order chi connectivity index (χ1) is 17.9. The number of hydrogen-bond acceptors (Lipinski definition) is 8. The molecule has 7 N–H and O–H groups in total. The van der Waals surface area contributed by atoms with Gasteiger partial charge in [0.2, 0.25) is 5.78 Å². The van der Waals surface area contributed by atoms with Crippen LogP contribution >= 0.6 is 12.2 Å². The molecule has 0 heterocycles. The molecule has 1 saturated carbocycles. The van der Waals surface area contributed by atoms with E-state index in [0.29, 0.717) is 16.9 Å². The molecule has 1 aromatic rings. The highest BCUT2D eigenvalue weighted by Crippen LogP contribution is 2.48. The minimum Gasteiger partial charge on any atom is -0.511 e. The van der Waals surface area contributed by atoms with E-state index < -0.39 is 53.2 Å². The summed E-state index contributed by atoms with van der Waals surface area (Å²) in [6.45, 7) is 8.98. The molecule has 8 nitrogen and oxygen atoms in total. The van der Waals surface area contributed by atoms with Crippen LogP contribution in [0.4, 0.5) is 5.69 Å². The number of carbonyl (C=O) groups excluding carboxylic acids is 2. The number of benzene rings is 1. The monoisotopic (exact) mass is 536 g/mol. The van der Waals surface area contributed by atoms with Gasteiger partial charge in [-0.25, -0.2) is 0 Å². The Morgan fingerprint density at radius 1 is 1.32 bits per heavy atom. The van der Waals surface area contributed by atoms with Gasteiger partial charge in [0.15, 0.2) is 5.60 Å². The first-order valence-corrected chi connectivity index (χ1v) is 12.7. The van der Waals surface area contributed by atoms with Gasteiger partial charge in [0.25, 0.3) is 5.91 Å². The molecule has 2 unspecified atom stereocenters. The van der Waals surface area contributed by atoms with Crippen molar-refractivity contribution in [2.75, 3.05) is 11.9 Å². The SMILES string of the molecule is C=C(C)Nc1cccc(C2=C3C[C@@H](C[C@H]4CC(O)=C(C(N)=O)C(=O)[C@@]4(O)CO)C(=C)C(=S)C3C(O)C=C2)c1. The summed E-state index contributed by atoms with van der Waals surface area (Å²) in [4.78, 5) is 25.1. The maximum absolute atomic E-state index is 12.9. The zero-order chi connectivity index (χ0) is 27.9. The van der Waals surface area contributed by atoms with Crippen LogP contribution in [-0.2, 0) is 9.59 Å².